The molecule has 0 aromatic heterocycles. The van der Waals surface area contributed by atoms with E-state index in [2.05, 4.69) is 10.2 Å². The minimum atomic E-state index is -0.405. The lowest BCUT2D eigenvalue weighted by atomic mass is 10.1. The van der Waals surface area contributed by atoms with Gasteiger partial charge < -0.3 is 20.0 Å². The van der Waals surface area contributed by atoms with E-state index in [1.807, 2.05) is 30.3 Å². The Hall–Kier alpha value is -3.42. The van der Waals surface area contributed by atoms with E-state index in [9.17, 15) is 18.8 Å². The molecule has 0 spiro atoms. The molecule has 0 bridgehead atoms. The minimum absolute atomic E-state index is 0.00235. The van der Waals surface area contributed by atoms with Crippen molar-refractivity contribution in [2.24, 2.45) is 5.92 Å². The predicted molar refractivity (Wildman–Crippen MR) is 120 cm³/mol. The van der Waals surface area contributed by atoms with Crippen molar-refractivity contribution in [3.63, 3.8) is 0 Å². The van der Waals surface area contributed by atoms with Gasteiger partial charge >= 0.3 is 0 Å². The van der Waals surface area contributed by atoms with Crippen LogP contribution in [0.2, 0.25) is 0 Å². The molecule has 2 aromatic rings. The number of rotatable bonds is 6. The summed E-state index contributed by atoms with van der Waals surface area (Å²) in [5.41, 5.74) is 1.74. The molecule has 2 aliphatic heterocycles. The first-order chi connectivity index (χ1) is 15.5. The van der Waals surface area contributed by atoms with Crippen molar-refractivity contribution in [1.82, 2.24) is 10.2 Å². The van der Waals surface area contributed by atoms with Gasteiger partial charge in [0.1, 0.15) is 5.82 Å². The summed E-state index contributed by atoms with van der Waals surface area (Å²) in [5, 5.41) is 2.82. The molecule has 2 fully saturated rings. The molecule has 0 aliphatic carbocycles. The van der Waals surface area contributed by atoms with Crippen molar-refractivity contribution < 1.29 is 18.8 Å². The average molecular weight is 439 g/mol. The molecule has 2 aliphatic rings. The molecule has 3 amide bonds. The molecule has 2 saturated heterocycles. The van der Waals surface area contributed by atoms with E-state index in [0.29, 0.717) is 32.7 Å². The second-order valence-corrected chi connectivity index (χ2v) is 8.13. The van der Waals surface area contributed by atoms with Gasteiger partial charge in [-0.2, -0.15) is 0 Å². The predicted octanol–water partition coefficient (Wildman–Crippen LogP) is 2.03. The number of carbonyl (C=O) groups excluding carboxylic acids is 3. The van der Waals surface area contributed by atoms with Crippen LogP contribution >= 0.6 is 0 Å². The molecular weight excluding hydrogens is 411 g/mol. The Labute approximate surface area is 186 Å². The molecule has 168 valence electrons. The number of anilines is 2. The van der Waals surface area contributed by atoms with Gasteiger partial charge in [0.15, 0.2) is 0 Å². The second kappa shape index (κ2) is 9.80. The SMILES string of the molecule is O=C(NCCC(=O)N1CCN(c2ccc(F)cc2)CC1)C1CC(=O)N(c2ccccc2)C1. The van der Waals surface area contributed by atoms with Gasteiger partial charge in [0.25, 0.3) is 0 Å². The Bertz CT molecular complexity index is 959. The van der Waals surface area contributed by atoms with E-state index in [1.54, 1.807) is 21.9 Å². The lowest BCUT2D eigenvalue weighted by Crippen LogP contribution is -2.49. The van der Waals surface area contributed by atoms with Crippen molar-refractivity contribution in [1.29, 1.82) is 0 Å². The minimum Gasteiger partial charge on any atom is -0.368 e. The molecule has 0 saturated carbocycles. The summed E-state index contributed by atoms with van der Waals surface area (Å²) in [7, 11) is 0. The number of para-hydroxylation sites is 1. The van der Waals surface area contributed by atoms with E-state index in [-0.39, 0.29) is 42.9 Å². The van der Waals surface area contributed by atoms with Crippen LogP contribution in [0.25, 0.3) is 0 Å². The highest BCUT2D eigenvalue weighted by Gasteiger charge is 2.35. The van der Waals surface area contributed by atoms with E-state index in [0.717, 1.165) is 11.4 Å². The van der Waals surface area contributed by atoms with Crippen molar-refractivity contribution in [3.8, 4) is 0 Å². The average Bonchev–Trinajstić information content (AvgIpc) is 3.22. The molecule has 32 heavy (non-hydrogen) atoms. The number of nitrogens with one attached hydrogen (secondary N) is 1. The van der Waals surface area contributed by atoms with Gasteiger partial charge in [-0.25, -0.2) is 4.39 Å². The van der Waals surface area contributed by atoms with Crippen molar-refractivity contribution in [2.45, 2.75) is 12.8 Å². The monoisotopic (exact) mass is 438 g/mol. The first-order valence-corrected chi connectivity index (χ1v) is 10.9. The highest BCUT2D eigenvalue weighted by atomic mass is 19.1. The van der Waals surface area contributed by atoms with Gasteiger partial charge in [-0.1, -0.05) is 18.2 Å². The number of benzene rings is 2. The van der Waals surface area contributed by atoms with Gasteiger partial charge in [-0.15, -0.1) is 0 Å². The number of piperazine rings is 1. The summed E-state index contributed by atoms with van der Waals surface area (Å²) in [6.07, 6.45) is 0.408. The fourth-order valence-electron chi connectivity index (χ4n) is 4.20. The molecule has 0 radical (unpaired) electrons. The van der Waals surface area contributed by atoms with Crippen LogP contribution in [0, 0.1) is 11.7 Å². The summed E-state index contributed by atoms with van der Waals surface area (Å²) in [6, 6.07) is 15.7. The van der Waals surface area contributed by atoms with Gasteiger partial charge in [0.2, 0.25) is 17.7 Å². The van der Waals surface area contributed by atoms with Crippen LogP contribution in [0.1, 0.15) is 12.8 Å². The quantitative estimate of drug-likeness (QED) is 0.749. The van der Waals surface area contributed by atoms with Crippen LogP contribution in [0.3, 0.4) is 0 Å². The van der Waals surface area contributed by atoms with Gasteiger partial charge in [0.05, 0.1) is 5.92 Å². The molecule has 1 unspecified atom stereocenters. The zero-order chi connectivity index (χ0) is 22.5. The molecule has 2 heterocycles. The fraction of sp³-hybridized carbons (Fsp3) is 0.375. The van der Waals surface area contributed by atoms with Gasteiger partial charge in [0, 0.05) is 63.5 Å². The van der Waals surface area contributed by atoms with Crippen molar-refractivity contribution in [3.05, 3.63) is 60.4 Å². The number of halogens is 1. The Morgan fingerprint density at radius 3 is 2.31 bits per heavy atom. The Kier molecular flexibility index (Phi) is 6.68. The molecule has 2 aromatic carbocycles. The maximum absolute atomic E-state index is 13.1. The zero-order valence-electron chi connectivity index (χ0n) is 17.9. The third-order valence-electron chi connectivity index (χ3n) is 6.03. The Balaban J connectivity index is 1.19. The second-order valence-electron chi connectivity index (χ2n) is 8.13. The van der Waals surface area contributed by atoms with E-state index >= 15 is 0 Å². The molecule has 1 atom stereocenters. The molecular formula is C24H27FN4O3. The number of amides is 3. The third kappa shape index (κ3) is 5.07. The van der Waals surface area contributed by atoms with Gasteiger partial charge in [-0.3, -0.25) is 14.4 Å². The number of carbonyl (C=O) groups is 3. The van der Waals surface area contributed by atoms with Crippen LogP contribution in [0.4, 0.5) is 15.8 Å². The van der Waals surface area contributed by atoms with Crippen LogP contribution < -0.4 is 15.1 Å². The number of hydrogen-bond acceptors (Lipinski definition) is 4. The largest absolute Gasteiger partial charge is 0.368 e. The normalized spacial score (nSPS) is 18.7. The highest BCUT2D eigenvalue weighted by molar-refractivity contribution is 6.00. The van der Waals surface area contributed by atoms with Crippen molar-refractivity contribution in [2.75, 3.05) is 49.1 Å². The maximum Gasteiger partial charge on any atom is 0.227 e. The lowest BCUT2D eigenvalue weighted by molar-refractivity contribution is -0.131. The number of nitrogens with zero attached hydrogens (tertiary/aromatic N) is 3. The smallest absolute Gasteiger partial charge is 0.227 e. The van der Waals surface area contributed by atoms with Crippen molar-refractivity contribution >= 4 is 29.1 Å². The fourth-order valence-corrected chi connectivity index (χ4v) is 4.20. The summed E-state index contributed by atoms with van der Waals surface area (Å²) >= 11 is 0. The maximum atomic E-state index is 13.1. The lowest BCUT2D eigenvalue weighted by Gasteiger charge is -2.36. The van der Waals surface area contributed by atoms with E-state index < -0.39 is 5.92 Å². The van der Waals surface area contributed by atoms with E-state index in [1.165, 1.54) is 12.1 Å². The third-order valence-corrected chi connectivity index (χ3v) is 6.03. The van der Waals surface area contributed by atoms with E-state index in [4.69, 9.17) is 0 Å². The topological polar surface area (TPSA) is 73.0 Å². The summed E-state index contributed by atoms with van der Waals surface area (Å²) in [6.45, 7) is 3.16. The first-order valence-electron chi connectivity index (χ1n) is 10.9. The van der Waals surface area contributed by atoms with Crippen LogP contribution in [-0.4, -0.2) is 61.9 Å². The Morgan fingerprint density at radius 2 is 1.62 bits per heavy atom. The molecule has 1 N–H and O–H groups in total. The zero-order valence-corrected chi connectivity index (χ0v) is 17.9. The summed E-state index contributed by atoms with van der Waals surface area (Å²) in [4.78, 5) is 42.9. The molecule has 7 nitrogen and oxygen atoms in total. The molecule has 8 heteroatoms. The van der Waals surface area contributed by atoms with Crippen LogP contribution in [0.5, 0.6) is 0 Å². The summed E-state index contributed by atoms with van der Waals surface area (Å²) < 4.78 is 13.1. The summed E-state index contributed by atoms with van der Waals surface area (Å²) in [5.74, 6) is -0.925. The first kappa shape index (κ1) is 21.8. The highest BCUT2D eigenvalue weighted by Crippen LogP contribution is 2.25. The molecule has 4 rings (SSSR count). The van der Waals surface area contributed by atoms with Crippen LogP contribution in [0.15, 0.2) is 54.6 Å². The standard InChI is InChI=1S/C24H27FN4O3/c25-19-6-8-20(9-7-19)27-12-14-28(15-13-27)22(30)10-11-26-24(32)18-16-23(31)29(17-18)21-4-2-1-3-5-21/h1-9,18H,10-17H2,(H,26,32). The van der Waals surface area contributed by atoms with Crippen LogP contribution in [-0.2, 0) is 14.4 Å². The van der Waals surface area contributed by atoms with Gasteiger partial charge in [-0.05, 0) is 36.4 Å². The Morgan fingerprint density at radius 1 is 0.938 bits per heavy atom. The number of hydrogen-bond donors (Lipinski definition) is 1.